The van der Waals surface area contributed by atoms with Gasteiger partial charge in [0.2, 0.25) is 10.0 Å². The molecule has 2 saturated carbocycles. The summed E-state index contributed by atoms with van der Waals surface area (Å²) in [5, 5.41) is 3.00. The summed E-state index contributed by atoms with van der Waals surface area (Å²) in [5.74, 6) is 0.563. The second-order valence-corrected chi connectivity index (χ2v) is 8.74. The molecule has 1 aromatic carbocycles. The van der Waals surface area contributed by atoms with E-state index in [0.717, 1.165) is 19.5 Å². The number of halogens is 1. The number of benzene rings is 1. The molecule has 2 aliphatic carbocycles. The fraction of sp³-hybridized carbons (Fsp3) is 0.625. The van der Waals surface area contributed by atoms with Crippen molar-refractivity contribution in [2.45, 2.75) is 36.9 Å². The van der Waals surface area contributed by atoms with E-state index in [1.165, 1.54) is 6.07 Å². The van der Waals surface area contributed by atoms with Crippen LogP contribution < -0.4 is 10.0 Å². The molecule has 4 rings (SSSR count). The number of hydrogen-bond donors (Lipinski definition) is 2. The molecule has 1 aliphatic heterocycles. The van der Waals surface area contributed by atoms with Crippen molar-refractivity contribution in [3.05, 3.63) is 29.6 Å². The molecule has 3 fully saturated rings. The fourth-order valence-electron chi connectivity index (χ4n) is 4.35. The largest absolute Gasteiger partial charge is 0.316 e. The Hall–Kier alpha value is -1.14. The lowest BCUT2D eigenvalue weighted by Crippen LogP contribution is -2.26. The first kappa shape index (κ1) is 14.5. The van der Waals surface area contributed by atoms with Crippen LogP contribution in [0.5, 0.6) is 0 Å². The molecule has 0 spiro atoms. The summed E-state index contributed by atoms with van der Waals surface area (Å²) in [5.41, 5.74) is 0.675. The number of sulfonamides is 1. The highest BCUT2D eigenvalue weighted by atomic mass is 32.2. The van der Waals surface area contributed by atoms with Gasteiger partial charge in [-0.3, -0.25) is 4.72 Å². The molecule has 22 heavy (non-hydrogen) atoms. The monoisotopic (exact) mass is 324 g/mol. The maximum atomic E-state index is 15.0. The van der Waals surface area contributed by atoms with E-state index in [0.29, 0.717) is 30.2 Å². The molecule has 2 unspecified atom stereocenters. The molecule has 1 saturated heterocycles. The molecular formula is C16H21FN2O2S. The lowest BCUT2D eigenvalue weighted by Gasteiger charge is -2.22. The number of rotatable bonds is 5. The van der Waals surface area contributed by atoms with Gasteiger partial charge in [0, 0.05) is 5.41 Å². The van der Waals surface area contributed by atoms with E-state index in [9.17, 15) is 12.8 Å². The van der Waals surface area contributed by atoms with Crippen molar-refractivity contribution in [3.8, 4) is 0 Å². The third-order valence-corrected chi connectivity index (χ3v) is 7.58. The van der Waals surface area contributed by atoms with E-state index < -0.39 is 10.0 Å². The zero-order valence-electron chi connectivity index (χ0n) is 12.6. The summed E-state index contributed by atoms with van der Waals surface area (Å²) in [7, 11) is -3.43. The maximum Gasteiger partial charge on any atom is 0.235 e. The van der Waals surface area contributed by atoms with Crippen LogP contribution >= 0.6 is 0 Å². The van der Waals surface area contributed by atoms with Crippen molar-refractivity contribution in [2.24, 2.45) is 11.8 Å². The average Bonchev–Trinajstić information content (AvgIpc) is 3.39. The SMILES string of the molecule is CCC1(c2cccc(NS(=O)(=O)C3CC3)c2F)C2CNCC21. The summed E-state index contributed by atoms with van der Waals surface area (Å²) >= 11 is 0. The fourth-order valence-corrected chi connectivity index (χ4v) is 5.73. The quantitative estimate of drug-likeness (QED) is 0.873. The van der Waals surface area contributed by atoms with E-state index in [1.807, 2.05) is 6.07 Å². The van der Waals surface area contributed by atoms with Gasteiger partial charge in [-0.2, -0.15) is 0 Å². The Balaban J connectivity index is 1.69. The van der Waals surface area contributed by atoms with Crippen LogP contribution in [0.1, 0.15) is 31.7 Å². The average molecular weight is 324 g/mol. The van der Waals surface area contributed by atoms with E-state index in [-0.39, 0.29) is 22.2 Å². The van der Waals surface area contributed by atoms with Gasteiger partial charge < -0.3 is 5.32 Å². The standard InChI is InChI=1S/C16H21FN2O2S/c1-2-16(12-8-18-9-13(12)16)11-4-3-5-14(15(11)17)19-22(20,21)10-6-7-10/h3-5,10,12-13,18-19H,2,6-9H2,1H3. The molecule has 4 nitrogen and oxygen atoms in total. The highest BCUT2D eigenvalue weighted by Gasteiger charge is 2.66. The van der Waals surface area contributed by atoms with Gasteiger partial charge in [-0.25, -0.2) is 12.8 Å². The lowest BCUT2D eigenvalue weighted by atomic mass is 9.87. The van der Waals surface area contributed by atoms with Crippen LogP contribution in [0.15, 0.2) is 18.2 Å². The van der Waals surface area contributed by atoms with Gasteiger partial charge in [0.25, 0.3) is 0 Å². The Morgan fingerprint density at radius 2 is 2.00 bits per heavy atom. The molecule has 6 heteroatoms. The number of hydrogen-bond acceptors (Lipinski definition) is 3. The van der Waals surface area contributed by atoms with Gasteiger partial charge in [0.1, 0.15) is 0 Å². The lowest BCUT2D eigenvalue weighted by molar-refractivity contribution is 0.474. The highest BCUT2D eigenvalue weighted by Crippen LogP contribution is 2.64. The van der Waals surface area contributed by atoms with Crippen LogP contribution in [0.25, 0.3) is 0 Å². The number of anilines is 1. The van der Waals surface area contributed by atoms with Crippen LogP contribution in [-0.2, 0) is 15.4 Å². The van der Waals surface area contributed by atoms with Crippen molar-refractivity contribution >= 4 is 15.7 Å². The molecule has 1 heterocycles. The van der Waals surface area contributed by atoms with E-state index in [1.54, 1.807) is 6.07 Å². The first-order valence-corrected chi connectivity index (χ1v) is 9.56. The second kappa shape index (κ2) is 4.68. The maximum absolute atomic E-state index is 15.0. The van der Waals surface area contributed by atoms with Crippen LogP contribution in [-0.4, -0.2) is 26.8 Å². The number of nitrogens with one attached hydrogen (secondary N) is 2. The molecule has 0 amide bonds. The zero-order chi connectivity index (χ0) is 15.5. The smallest absolute Gasteiger partial charge is 0.235 e. The van der Waals surface area contributed by atoms with Crippen molar-refractivity contribution in [1.82, 2.24) is 5.32 Å². The van der Waals surface area contributed by atoms with Gasteiger partial charge in [-0.15, -0.1) is 0 Å². The van der Waals surface area contributed by atoms with Gasteiger partial charge >= 0.3 is 0 Å². The predicted molar refractivity (Wildman–Crippen MR) is 83.8 cm³/mol. The Morgan fingerprint density at radius 3 is 2.59 bits per heavy atom. The minimum atomic E-state index is -3.43. The van der Waals surface area contributed by atoms with Crippen LogP contribution in [0.4, 0.5) is 10.1 Å². The molecule has 0 radical (unpaired) electrons. The Morgan fingerprint density at radius 1 is 1.32 bits per heavy atom. The van der Waals surface area contributed by atoms with Gasteiger partial charge in [-0.1, -0.05) is 19.1 Å². The second-order valence-electron chi connectivity index (χ2n) is 6.78. The third-order valence-electron chi connectivity index (χ3n) is 5.73. The summed E-state index contributed by atoms with van der Waals surface area (Å²) < 4.78 is 41.6. The molecule has 2 atom stereocenters. The molecule has 120 valence electrons. The summed E-state index contributed by atoms with van der Waals surface area (Å²) in [4.78, 5) is 0. The van der Waals surface area contributed by atoms with Gasteiger partial charge in [0.15, 0.2) is 5.82 Å². The zero-order valence-corrected chi connectivity index (χ0v) is 13.4. The Kier molecular flexibility index (Phi) is 3.07. The van der Waals surface area contributed by atoms with E-state index in [2.05, 4.69) is 17.0 Å². The van der Waals surface area contributed by atoms with Crippen LogP contribution in [0.3, 0.4) is 0 Å². The normalized spacial score (nSPS) is 33.5. The highest BCUT2D eigenvalue weighted by molar-refractivity contribution is 7.93. The van der Waals surface area contributed by atoms with Crippen molar-refractivity contribution in [1.29, 1.82) is 0 Å². The third kappa shape index (κ3) is 1.93. The molecule has 2 N–H and O–H groups in total. The summed E-state index contributed by atoms with van der Waals surface area (Å²) in [6.07, 6.45) is 2.23. The first-order valence-electron chi connectivity index (χ1n) is 8.02. The van der Waals surface area contributed by atoms with Crippen LogP contribution in [0, 0.1) is 17.7 Å². The van der Waals surface area contributed by atoms with Crippen LogP contribution in [0.2, 0.25) is 0 Å². The van der Waals surface area contributed by atoms with E-state index in [4.69, 9.17) is 0 Å². The molecule has 1 aromatic rings. The topological polar surface area (TPSA) is 58.2 Å². The number of piperidine rings is 1. The Labute approximate surface area is 130 Å². The predicted octanol–water partition coefficient (Wildman–Crippen LogP) is 2.23. The van der Waals surface area contributed by atoms with Crippen molar-refractivity contribution < 1.29 is 12.8 Å². The molecular weight excluding hydrogens is 303 g/mol. The summed E-state index contributed by atoms with van der Waals surface area (Å²) in [6.45, 7) is 3.95. The van der Waals surface area contributed by atoms with Gasteiger partial charge in [0.05, 0.1) is 10.9 Å². The molecule has 0 aromatic heterocycles. The minimum Gasteiger partial charge on any atom is -0.316 e. The van der Waals surface area contributed by atoms with Crippen molar-refractivity contribution in [2.75, 3.05) is 17.8 Å². The first-order chi connectivity index (χ1) is 10.5. The van der Waals surface area contributed by atoms with E-state index >= 15 is 0 Å². The minimum absolute atomic E-state index is 0.107. The van der Waals surface area contributed by atoms with Crippen molar-refractivity contribution in [3.63, 3.8) is 0 Å². The van der Waals surface area contributed by atoms with Gasteiger partial charge in [-0.05, 0) is 55.8 Å². The summed E-state index contributed by atoms with van der Waals surface area (Å²) in [6, 6.07) is 5.12. The molecule has 3 aliphatic rings. The molecule has 0 bridgehead atoms. The number of fused-ring (bicyclic) bond motifs is 1. The Bertz CT molecular complexity index is 705.